The van der Waals surface area contributed by atoms with Crippen LogP contribution < -0.4 is 25.6 Å². The summed E-state index contributed by atoms with van der Waals surface area (Å²) in [4.78, 5) is 100. The summed E-state index contributed by atoms with van der Waals surface area (Å²) in [5.74, 6) is -1.06. The number of nitro groups is 1. The second-order valence-corrected chi connectivity index (χ2v) is 35.4. The van der Waals surface area contributed by atoms with Crippen LogP contribution in [0.15, 0.2) is 142 Å². The minimum absolute atomic E-state index is 0.00808. The van der Waals surface area contributed by atoms with Crippen molar-refractivity contribution in [1.82, 2.24) is 44.8 Å². The minimum Gasteiger partial charge on any atom is -0.391 e. The number of nitrogens with zero attached hydrogens (tertiary/aromatic N) is 8. The number of hydrogen-bond donors (Lipinski definition) is 5. The topological polar surface area (TPSA) is 263 Å². The maximum atomic E-state index is 14.3. The largest absolute Gasteiger partial charge is 0.391 e. The molecule has 5 aliphatic rings. The van der Waals surface area contributed by atoms with Gasteiger partial charge in [0.2, 0.25) is 23.6 Å². The van der Waals surface area contributed by atoms with Crippen LogP contribution in [-0.4, -0.2) is 199 Å². The molecule has 11 rings (SSSR count). The second-order valence-electron chi connectivity index (χ2n) is 31.4. The quantitative estimate of drug-likeness (QED) is 0.0117. The predicted molar refractivity (Wildman–Crippen MR) is 430 cm³/mol. The minimum atomic E-state index is -4.50. The number of allylic oxidation sites excluding steroid dienone is 1. The maximum absolute atomic E-state index is 14.3. The zero-order valence-corrected chi connectivity index (χ0v) is 66.5. The zero-order chi connectivity index (χ0) is 76.7. The van der Waals surface area contributed by atoms with Gasteiger partial charge in [-0.15, -0.1) is 23.1 Å². The molecule has 0 bridgehead atoms. The molecule has 5 amide bonds. The van der Waals surface area contributed by atoms with Crippen molar-refractivity contribution in [3.63, 3.8) is 0 Å². The van der Waals surface area contributed by atoms with Crippen molar-refractivity contribution in [3.05, 3.63) is 170 Å². The monoisotopic (exact) mass is 1550 g/mol. The summed E-state index contributed by atoms with van der Waals surface area (Å²) in [6, 6.07) is 34.4. The summed E-state index contributed by atoms with van der Waals surface area (Å²) in [5, 5.41) is 33.4. The summed E-state index contributed by atoms with van der Waals surface area (Å²) in [6.07, 6.45) is 9.89. The van der Waals surface area contributed by atoms with Gasteiger partial charge in [0, 0.05) is 137 Å². The highest BCUT2D eigenvalue weighted by Gasteiger charge is 2.45. The number of aryl methyl sites for hydroxylation is 1. The Morgan fingerprint density at radius 3 is 2.14 bits per heavy atom. The fourth-order valence-electron chi connectivity index (χ4n) is 15.7. The van der Waals surface area contributed by atoms with Crippen LogP contribution in [0.25, 0.3) is 16.0 Å². The van der Waals surface area contributed by atoms with Gasteiger partial charge in [-0.2, -0.15) is 0 Å². The molecule has 22 nitrogen and oxygen atoms in total. The summed E-state index contributed by atoms with van der Waals surface area (Å²) < 4.78 is 29.7. The van der Waals surface area contributed by atoms with E-state index in [1.165, 1.54) is 40.2 Å². The number of thioether (sulfide) groups is 1. The lowest BCUT2D eigenvalue weighted by atomic mass is 9.71. The number of hydrogen-bond acceptors (Lipinski definition) is 18. The van der Waals surface area contributed by atoms with Crippen molar-refractivity contribution in [2.45, 2.75) is 171 Å². The van der Waals surface area contributed by atoms with Crippen molar-refractivity contribution < 1.29 is 42.4 Å². The molecule has 4 saturated heterocycles. The summed E-state index contributed by atoms with van der Waals surface area (Å²) in [6.45, 7) is 22.6. The van der Waals surface area contributed by atoms with Gasteiger partial charge in [-0.05, 0) is 172 Å². The second kappa shape index (κ2) is 37.3. The number of β-amino-alcohol motifs (C(OH)–C–C–N with tert-alkyl or cyclic N) is 1. The molecule has 4 aliphatic heterocycles. The number of aromatic nitrogens is 1. The first-order chi connectivity index (χ1) is 51.7. The summed E-state index contributed by atoms with van der Waals surface area (Å²) in [7, 11) is -4.50. The van der Waals surface area contributed by atoms with E-state index < -0.39 is 56.1 Å². The highest BCUT2D eigenvalue weighted by molar-refractivity contribution is 7.99. The number of rotatable bonds is 31. The zero-order valence-electron chi connectivity index (χ0n) is 63.3. The number of benzene rings is 5. The maximum Gasteiger partial charge on any atom is 0.293 e. The average molecular weight is 1550 g/mol. The number of thiazole rings is 1. The third-order valence-electron chi connectivity index (χ3n) is 22.0. The highest BCUT2D eigenvalue weighted by Crippen LogP contribution is 2.45. The SMILES string of the molecule is Cc1ncsc1-c1ccc([C@H](C)NC(=O)[C@@H]2C[C@@H](O)CN2C(=O)[C@@H](NC(=O)CCCCCCC(=O)N2CCN(CC3(C)CCC(c4ccc(Cl)cc4)=C(CN4CCN(c5ccc(C(=O)NS(=O)(=O)c6ccc(N[C@H](CCN7CCCCC7)CSc7ccccc7)c([N+](=O)[O-])c6)cc5)CC4)C3)CC2)C(C)(C)C)cc1. The molecule has 0 spiro atoms. The molecule has 5 aromatic carbocycles. The van der Waals surface area contributed by atoms with Crippen molar-refractivity contribution in [1.29, 1.82) is 0 Å². The highest BCUT2D eigenvalue weighted by atomic mass is 35.5. The number of amides is 5. The Morgan fingerprint density at radius 2 is 1.47 bits per heavy atom. The number of piperazine rings is 2. The number of aliphatic hydroxyl groups excluding tert-OH is 1. The number of anilines is 2. The molecule has 0 saturated carbocycles. The number of nitrogens with one attached hydrogen (secondary N) is 4. The number of piperidine rings is 1. The lowest BCUT2D eigenvalue weighted by Gasteiger charge is -2.44. The molecule has 26 heteroatoms. The van der Waals surface area contributed by atoms with Crippen LogP contribution in [0.2, 0.25) is 5.02 Å². The van der Waals surface area contributed by atoms with Gasteiger partial charge in [0.15, 0.2) is 0 Å². The van der Waals surface area contributed by atoms with Crippen LogP contribution in [0.4, 0.5) is 17.1 Å². The molecule has 5 heterocycles. The van der Waals surface area contributed by atoms with Gasteiger partial charge in [0.1, 0.15) is 17.8 Å². The van der Waals surface area contributed by atoms with E-state index in [0.29, 0.717) is 43.1 Å². The summed E-state index contributed by atoms with van der Waals surface area (Å²) >= 11 is 9.65. The van der Waals surface area contributed by atoms with Gasteiger partial charge < -0.3 is 40.7 Å². The molecule has 4 fully saturated rings. The van der Waals surface area contributed by atoms with E-state index in [2.05, 4.69) is 64.3 Å². The average Bonchev–Trinajstić information content (AvgIpc) is 1.14. The third kappa shape index (κ3) is 22.1. The van der Waals surface area contributed by atoms with Crippen LogP contribution in [0.1, 0.15) is 158 Å². The number of sulfonamides is 1. The van der Waals surface area contributed by atoms with Crippen LogP contribution in [-0.2, 0) is 29.2 Å². The molecular weight excluding hydrogens is 1440 g/mol. The van der Waals surface area contributed by atoms with Gasteiger partial charge >= 0.3 is 0 Å². The van der Waals surface area contributed by atoms with Gasteiger partial charge in [0.05, 0.1) is 38.0 Å². The number of unbranched alkanes of at least 4 members (excludes halogenated alkanes) is 3. The predicted octanol–water partition coefficient (Wildman–Crippen LogP) is 12.9. The molecule has 580 valence electrons. The molecule has 5 N–H and O–H groups in total. The van der Waals surface area contributed by atoms with Gasteiger partial charge in [-0.3, -0.25) is 43.9 Å². The van der Waals surface area contributed by atoms with E-state index in [4.69, 9.17) is 11.6 Å². The number of carbonyl (C=O) groups excluding carboxylic acids is 5. The Balaban J connectivity index is 0.605. The lowest BCUT2D eigenvalue weighted by molar-refractivity contribution is -0.384. The third-order valence-corrected chi connectivity index (χ3v) is 25.7. The van der Waals surface area contributed by atoms with E-state index in [0.717, 1.165) is 162 Å². The number of carbonyl (C=O) groups is 5. The van der Waals surface area contributed by atoms with Gasteiger partial charge in [0.25, 0.3) is 21.6 Å². The Bertz CT molecular complexity index is 4220. The molecule has 0 radical (unpaired) electrons. The molecule has 1 aromatic heterocycles. The Labute approximate surface area is 650 Å². The van der Waals surface area contributed by atoms with E-state index in [-0.39, 0.29) is 70.8 Å². The lowest BCUT2D eigenvalue weighted by Crippen LogP contribution is -2.57. The normalized spacial score (nSPS) is 20.1. The number of likely N-dealkylation sites (tertiary alicyclic amines) is 2. The fourth-order valence-corrected chi connectivity index (χ4v) is 18.6. The molecular formula is C82H107ClN12O10S3. The van der Waals surface area contributed by atoms with E-state index >= 15 is 0 Å². The number of nitro benzene ring substituents is 1. The van der Waals surface area contributed by atoms with Crippen LogP contribution in [0.5, 0.6) is 0 Å². The fraction of sp³-hybridized carbons (Fsp3) is 0.512. The summed E-state index contributed by atoms with van der Waals surface area (Å²) in [5.41, 5.74) is 8.91. The molecule has 108 heavy (non-hydrogen) atoms. The van der Waals surface area contributed by atoms with Crippen molar-refractivity contribution >= 4 is 96.9 Å². The van der Waals surface area contributed by atoms with Crippen molar-refractivity contribution in [2.24, 2.45) is 10.8 Å². The van der Waals surface area contributed by atoms with Crippen LogP contribution >= 0.6 is 34.7 Å². The standard InChI is InChI=1S/C82H107ClN12O10S3/c1-57(59-21-23-61(24-22-59)76-58(2)84-56-107-76)85-79(100)73-49-67(96)53-94(73)80(101)77(81(3,4)5)87-74(97)19-13-7-8-14-20-75(98)93-47-43-91(44-48-93)55-82(6)37-35-70(60-25-29-64(83)30-26-60)63(51-82)52-90-41-45-92(46-42-90)66-31-27-62(28-32-66)78(99)88-108(104,105)69-33-34-71(72(50-69)95(102)103)86-65(36-40-89-38-15-10-16-39-89)54-106-68-17-11-9-12-18-68/h9,11-12,17-18,21-34,50,56-57,65,67,73,77,86,96H,7-8,10,13-16,19-20,35-49,51-55H2,1-6H3,(H,85,100)(H,87,97)(H,88,99)/t57-,65+,67+,73-,77+,82?/m0/s1. The Hall–Kier alpha value is -7.75. The van der Waals surface area contributed by atoms with Crippen LogP contribution in [0, 0.1) is 27.9 Å². The van der Waals surface area contributed by atoms with Crippen LogP contribution in [0.3, 0.4) is 0 Å². The van der Waals surface area contributed by atoms with Gasteiger partial charge in [-0.1, -0.05) is 119 Å². The first kappa shape index (κ1) is 81.2. The molecule has 1 aliphatic carbocycles. The van der Waals surface area contributed by atoms with Gasteiger partial charge in [-0.25, -0.2) is 18.1 Å². The molecule has 6 atom stereocenters. The molecule has 1 unspecified atom stereocenters. The van der Waals surface area contributed by atoms with E-state index in [1.807, 2.05) is 124 Å². The smallest absolute Gasteiger partial charge is 0.293 e. The van der Waals surface area contributed by atoms with Crippen molar-refractivity contribution in [3.8, 4) is 10.4 Å². The van der Waals surface area contributed by atoms with E-state index in [9.17, 15) is 47.6 Å². The Kier molecular flexibility index (Phi) is 28.1. The first-order valence-electron chi connectivity index (χ1n) is 38.4. The van der Waals surface area contributed by atoms with Crippen molar-refractivity contribution in [2.75, 3.05) is 108 Å². The van der Waals surface area contributed by atoms with E-state index in [1.54, 1.807) is 35.2 Å². The molecule has 6 aromatic rings. The number of halogens is 1. The number of aliphatic hydroxyl groups is 1. The Morgan fingerprint density at radius 1 is 0.796 bits per heavy atom. The first-order valence-corrected chi connectivity index (χ1v) is 42.1.